The molecule has 8 heteroatoms. The van der Waals surface area contributed by atoms with Crippen LogP contribution in [-0.2, 0) is 11.3 Å². The second-order valence-electron chi connectivity index (χ2n) is 7.34. The van der Waals surface area contributed by atoms with E-state index >= 15 is 0 Å². The van der Waals surface area contributed by atoms with Crippen LogP contribution in [0.25, 0.3) is 10.9 Å². The number of methoxy groups -OCH3 is 2. The molecule has 4 aromatic rings. The molecule has 0 aliphatic carbocycles. The van der Waals surface area contributed by atoms with E-state index in [0.717, 1.165) is 28.1 Å². The standard InChI is InChI=1S/C25H25N5O3/c1-16(31)26-15-17-7-4-8-18(13-17)28-25-29-23-21(11-6-12-22(23)33-3)24(30-25)27-19-9-5-10-20(14-19)32-2/h4-14H,15H2,1-3H3,(H,26,31)(H2,27,28,29,30). The van der Waals surface area contributed by atoms with Crippen molar-refractivity contribution in [1.29, 1.82) is 0 Å². The molecule has 1 amide bonds. The van der Waals surface area contributed by atoms with Gasteiger partial charge >= 0.3 is 0 Å². The second-order valence-corrected chi connectivity index (χ2v) is 7.34. The molecule has 0 bridgehead atoms. The van der Waals surface area contributed by atoms with Gasteiger partial charge < -0.3 is 25.4 Å². The van der Waals surface area contributed by atoms with E-state index in [4.69, 9.17) is 19.4 Å². The van der Waals surface area contributed by atoms with Crippen molar-refractivity contribution in [2.75, 3.05) is 24.9 Å². The van der Waals surface area contributed by atoms with Crippen LogP contribution in [0.15, 0.2) is 66.7 Å². The maximum Gasteiger partial charge on any atom is 0.229 e. The maximum absolute atomic E-state index is 11.2. The number of carbonyl (C=O) groups is 1. The van der Waals surface area contributed by atoms with Crippen LogP contribution in [0, 0.1) is 0 Å². The molecule has 0 aliphatic rings. The number of fused-ring (bicyclic) bond motifs is 1. The van der Waals surface area contributed by atoms with Crippen LogP contribution < -0.4 is 25.4 Å². The first-order valence-electron chi connectivity index (χ1n) is 10.4. The van der Waals surface area contributed by atoms with Crippen molar-refractivity contribution < 1.29 is 14.3 Å². The summed E-state index contributed by atoms with van der Waals surface area (Å²) >= 11 is 0. The fourth-order valence-electron chi connectivity index (χ4n) is 3.39. The first kappa shape index (κ1) is 21.9. The summed E-state index contributed by atoms with van der Waals surface area (Å²) in [6.07, 6.45) is 0. The number of nitrogens with one attached hydrogen (secondary N) is 3. The van der Waals surface area contributed by atoms with Gasteiger partial charge in [0.2, 0.25) is 11.9 Å². The van der Waals surface area contributed by atoms with Crippen LogP contribution in [0.4, 0.5) is 23.1 Å². The molecular weight excluding hydrogens is 418 g/mol. The molecule has 33 heavy (non-hydrogen) atoms. The van der Waals surface area contributed by atoms with Gasteiger partial charge in [-0.05, 0) is 42.0 Å². The van der Waals surface area contributed by atoms with E-state index in [-0.39, 0.29) is 5.91 Å². The third kappa shape index (κ3) is 5.30. The monoisotopic (exact) mass is 443 g/mol. The average molecular weight is 444 g/mol. The van der Waals surface area contributed by atoms with E-state index in [0.29, 0.717) is 29.6 Å². The summed E-state index contributed by atoms with van der Waals surface area (Å²) in [5, 5.41) is 10.3. The van der Waals surface area contributed by atoms with Gasteiger partial charge in [0.25, 0.3) is 0 Å². The number of para-hydroxylation sites is 1. The molecule has 0 spiro atoms. The summed E-state index contributed by atoms with van der Waals surface area (Å²) in [5.74, 6) is 2.35. The SMILES string of the molecule is COc1cccc(Nc2nc(Nc3cccc(CNC(C)=O)c3)nc3c(OC)cccc23)c1. The lowest BCUT2D eigenvalue weighted by Gasteiger charge is -2.14. The first-order valence-corrected chi connectivity index (χ1v) is 10.4. The van der Waals surface area contributed by atoms with Crippen molar-refractivity contribution in [2.24, 2.45) is 0 Å². The molecule has 0 saturated heterocycles. The van der Waals surface area contributed by atoms with Gasteiger partial charge in [-0.15, -0.1) is 0 Å². The van der Waals surface area contributed by atoms with E-state index in [1.807, 2.05) is 66.7 Å². The van der Waals surface area contributed by atoms with Crippen molar-refractivity contribution >= 4 is 40.0 Å². The van der Waals surface area contributed by atoms with Gasteiger partial charge in [0.05, 0.1) is 14.2 Å². The number of carbonyl (C=O) groups excluding carboxylic acids is 1. The third-order valence-corrected chi connectivity index (χ3v) is 4.97. The van der Waals surface area contributed by atoms with E-state index in [1.54, 1.807) is 14.2 Å². The number of rotatable bonds is 8. The molecule has 0 fully saturated rings. The van der Waals surface area contributed by atoms with Crippen LogP contribution in [0.1, 0.15) is 12.5 Å². The van der Waals surface area contributed by atoms with Gasteiger partial charge in [-0.3, -0.25) is 4.79 Å². The molecule has 3 N–H and O–H groups in total. The Morgan fingerprint density at radius 2 is 1.64 bits per heavy atom. The molecule has 0 saturated carbocycles. The predicted octanol–water partition coefficient (Wildman–Crippen LogP) is 4.77. The van der Waals surface area contributed by atoms with Crippen molar-refractivity contribution in [2.45, 2.75) is 13.5 Å². The average Bonchev–Trinajstić information content (AvgIpc) is 2.83. The van der Waals surface area contributed by atoms with Gasteiger partial charge in [0.15, 0.2) is 0 Å². The van der Waals surface area contributed by atoms with E-state index in [2.05, 4.69) is 16.0 Å². The molecule has 0 radical (unpaired) electrons. The highest BCUT2D eigenvalue weighted by Gasteiger charge is 2.13. The van der Waals surface area contributed by atoms with Gasteiger partial charge in [0, 0.05) is 36.3 Å². The number of amides is 1. The Hall–Kier alpha value is -4.33. The highest BCUT2D eigenvalue weighted by Crippen LogP contribution is 2.32. The fraction of sp³-hybridized carbons (Fsp3) is 0.160. The predicted molar refractivity (Wildman–Crippen MR) is 130 cm³/mol. The van der Waals surface area contributed by atoms with Crippen molar-refractivity contribution in [1.82, 2.24) is 15.3 Å². The number of hydrogen-bond acceptors (Lipinski definition) is 7. The zero-order valence-corrected chi connectivity index (χ0v) is 18.7. The summed E-state index contributed by atoms with van der Waals surface area (Å²) in [6, 6.07) is 21.1. The van der Waals surface area contributed by atoms with Crippen molar-refractivity contribution in [3.63, 3.8) is 0 Å². The Labute approximate surface area is 192 Å². The summed E-state index contributed by atoms with van der Waals surface area (Å²) in [7, 11) is 3.25. The zero-order chi connectivity index (χ0) is 23.2. The lowest BCUT2D eigenvalue weighted by atomic mass is 10.2. The van der Waals surface area contributed by atoms with Crippen molar-refractivity contribution in [3.8, 4) is 11.5 Å². The van der Waals surface area contributed by atoms with E-state index < -0.39 is 0 Å². The number of nitrogens with zero attached hydrogens (tertiary/aromatic N) is 2. The minimum absolute atomic E-state index is 0.0772. The minimum atomic E-state index is -0.0772. The minimum Gasteiger partial charge on any atom is -0.497 e. The molecule has 4 rings (SSSR count). The molecule has 168 valence electrons. The molecule has 0 atom stereocenters. The Kier molecular flexibility index (Phi) is 6.54. The lowest BCUT2D eigenvalue weighted by molar-refractivity contribution is -0.119. The van der Waals surface area contributed by atoms with Gasteiger partial charge in [-0.2, -0.15) is 4.98 Å². The Balaban J connectivity index is 1.71. The maximum atomic E-state index is 11.2. The van der Waals surface area contributed by atoms with Crippen LogP contribution in [0.2, 0.25) is 0 Å². The molecular formula is C25H25N5O3. The highest BCUT2D eigenvalue weighted by molar-refractivity contribution is 5.95. The fourth-order valence-corrected chi connectivity index (χ4v) is 3.39. The highest BCUT2D eigenvalue weighted by atomic mass is 16.5. The molecule has 1 heterocycles. The Morgan fingerprint density at radius 1 is 0.879 bits per heavy atom. The number of ether oxygens (including phenoxy) is 2. The Morgan fingerprint density at radius 3 is 2.39 bits per heavy atom. The molecule has 3 aromatic carbocycles. The summed E-state index contributed by atoms with van der Waals surface area (Å²) < 4.78 is 10.9. The van der Waals surface area contributed by atoms with Crippen molar-refractivity contribution in [3.05, 3.63) is 72.3 Å². The lowest BCUT2D eigenvalue weighted by Crippen LogP contribution is -2.18. The molecule has 0 aliphatic heterocycles. The topological polar surface area (TPSA) is 97.4 Å². The number of aromatic nitrogens is 2. The van der Waals surface area contributed by atoms with Gasteiger partial charge in [-0.1, -0.05) is 24.3 Å². The number of anilines is 4. The van der Waals surface area contributed by atoms with Crippen LogP contribution in [-0.4, -0.2) is 30.1 Å². The smallest absolute Gasteiger partial charge is 0.229 e. The van der Waals surface area contributed by atoms with Gasteiger partial charge in [0.1, 0.15) is 22.8 Å². The van der Waals surface area contributed by atoms with Crippen LogP contribution in [0.5, 0.6) is 11.5 Å². The zero-order valence-electron chi connectivity index (χ0n) is 18.7. The number of benzene rings is 3. The number of hydrogen-bond donors (Lipinski definition) is 3. The largest absolute Gasteiger partial charge is 0.497 e. The second kappa shape index (κ2) is 9.86. The van der Waals surface area contributed by atoms with Gasteiger partial charge in [-0.25, -0.2) is 4.98 Å². The molecule has 8 nitrogen and oxygen atoms in total. The van der Waals surface area contributed by atoms with E-state index in [9.17, 15) is 4.79 Å². The molecule has 0 unspecified atom stereocenters. The van der Waals surface area contributed by atoms with Crippen LogP contribution in [0.3, 0.4) is 0 Å². The summed E-state index contributed by atoms with van der Waals surface area (Å²) in [4.78, 5) is 20.7. The first-order chi connectivity index (χ1) is 16.1. The quantitative estimate of drug-likeness (QED) is 0.361. The molecule has 1 aromatic heterocycles. The Bertz CT molecular complexity index is 1290. The summed E-state index contributed by atoms with van der Waals surface area (Å²) in [5.41, 5.74) is 3.28. The van der Waals surface area contributed by atoms with Crippen LogP contribution >= 0.6 is 0 Å². The summed E-state index contributed by atoms with van der Waals surface area (Å²) in [6.45, 7) is 1.94. The van der Waals surface area contributed by atoms with E-state index in [1.165, 1.54) is 6.92 Å². The third-order valence-electron chi connectivity index (χ3n) is 4.97. The normalized spacial score (nSPS) is 10.5.